The van der Waals surface area contributed by atoms with Gasteiger partial charge in [-0.1, -0.05) is 0 Å². The Bertz CT molecular complexity index is 530. The van der Waals surface area contributed by atoms with Crippen LogP contribution in [0.2, 0.25) is 0 Å². The van der Waals surface area contributed by atoms with Crippen LogP contribution in [0.15, 0.2) is 0 Å². The van der Waals surface area contributed by atoms with Gasteiger partial charge in [0.15, 0.2) is 0 Å². The van der Waals surface area contributed by atoms with Crippen molar-refractivity contribution in [2.45, 2.75) is 70.5 Å². The van der Waals surface area contributed by atoms with Gasteiger partial charge < -0.3 is 19.4 Å². The molecule has 0 radical (unpaired) electrons. The number of amides is 2. The largest absolute Gasteiger partial charge is 0.450 e. The molecule has 25 heavy (non-hydrogen) atoms. The van der Waals surface area contributed by atoms with Gasteiger partial charge in [-0.2, -0.15) is 0 Å². The Hall–Kier alpha value is -1.30. The van der Waals surface area contributed by atoms with Crippen LogP contribution in [0.3, 0.4) is 0 Å². The minimum Gasteiger partial charge on any atom is -0.450 e. The van der Waals surface area contributed by atoms with Gasteiger partial charge >= 0.3 is 6.09 Å². The first-order valence-electron chi connectivity index (χ1n) is 9.98. The lowest BCUT2D eigenvalue weighted by molar-refractivity contribution is -0.133. The molecule has 0 bridgehead atoms. The second-order valence-corrected chi connectivity index (χ2v) is 8.57. The van der Waals surface area contributed by atoms with E-state index >= 15 is 0 Å². The summed E-state index contributed by atoms with van der Waals surface area (Å²) in [6, 6.07) is 1.56. The van der Waals surface area contributed by atoms with E-state index in [1.807, 2.05) is 11.8 Å². The summed E-state index contributed by atoms with van der Waals surface area (Å²) in [7, 11) is 0. The van der Waals surface area contributed by atoms with E-state index in [2.05, 4.69) is 16.7 Å². The standard InChI is InChI=1S/C19H31N3O3/c1-3-25-18(24)21-12-19(13-21)10-16(11-19)20-8-6-15(7-9-20)22-14(2)4-5-17(22)23/h14-16H,3-13H2,1-2H3/t14-/m0/s1. The molecule has 4 rings (SSSR count). The van der Waals surface area contributed by atoms with E-state index in [0.29, 0.717) is 36.1 Å². The fraction of sp³-hybridized carbons (Fsp3) is 0.895. The summed E-state index contributed by atoms with van der Waals surface area (Å²) in [5.41, 5.74) is 0.369. The molecule has 0 N–H and O–H groups in total. The molecule has 4 fully saturated rings. The number of hydrogen-bond donors (Lipinski definition) is 0. The van der Waals surface area contributed by atoms with Gasteiger partial charge in [0, 0.05) is 56.1 Å². The number of nitrogens with zero attached hydrogens (tertiary/aromatic N) is 3. The summed E-state index contributed by atoms with van der Waals surface area (Å²) in [6.07, 6.45) is 6.29. The molecule has 0 aromatic heterocycles. The van der Waals surface area contributed by atoms with Crippen LogP contribution >= 0.6 is 0 Å². The van der Waals surface area contributed by atoms with E-state index in [4.69, 9.17) is 4.74 Å². The zero-order valence-electron chi connectivity index (χ0n) is 15.6. The summed E-state index contributed by atoms with van der Waals surface area (Å²) in [6.45, 7) is 8.48. The van der Waals surface area contributed by atoms with E-state index in [-0.39, 0.29) is 6.09 Å². The number of hydrogen-bond acceptors (Lipinski definition) is 4. The smallest absolute Gasteiger partial charge is 0.409 e. The maximum absolute atomic E-state index is 12.1. The van der Waals surface area contributed by atoms with Crippen molar-refractivity contribution in [3.05, 3.63) is 0 Å². The Kier molecular flexibility index (Phi) is 4.42. The zero-order valence-corrected chi connectivity index (χ0v) is 15.6. The predicted molar refractivity (Wildman–Crippen MR) is 94.2 cm³/mol. The molecule has 1 spiro atoms. The highest BCUT2D eigenvalue weighted by Crippen LogP contribution is 2.50. The molecule has 6 nitrogen and oxygen atoms in total. The van der Waals surface area contributed by atoms with E-state index in [1.54, 1.807) is 0 Å². The van der Waals surface area contributed by atoms with Gasteiger partial charge in [0.1, 0.15) is 0 Å². The van der Waals surface area contributed by atoms with Crippen molar-refractivity contribution in [1.82, 2.24) is 14.7 Å². The van der Waals surface area contributed by atoms with Gasteiger partial charge in [-0.3, -0.25) is 4.79 Å². The van der Waals surface area contributed by atoms with Crippen molar-refractivity contribution < 1.29 is 14.3 Å². The van der Waals surface area contributed by atoms with Gasteiger partial charge in [0.25, 0.3) is 0 Å². The van der Waals surface area contributed by atoms with Gasteiger partial charge in [0.2, 0.25) is 5.91 Å². The van der Waals surface area contributed by atoms with E-state index in [1.165, 1.54) is 12.8 Å². The summed E-state index contributed by atoms with van der Waals surface area (Å²) in [5.74, 6) is 0.363. The topological polar surface area (TPSA) is 53.1 Å². The lowest BCUT2D eigenvalue weighted by Crippen LogP contribution is -2.68. The number of likely N-dealkylation sites (tertiary alicyclic amines) is 3. The minimum atomic E-state index is -0.151. The Balaban J connectivity index is 1.21. The van der Waals surface area contributed by atoms with Crippen molar-refractivity contribution >= 4 is 12.0 Å². The Labute approximate surface area is 150 Å². The minimum absolute atomic E-state index is 0.151. The SMILES string of the molecule is CCOC(=O)N1CC2(CC(N3CCC(N4C(=O)CC[C@@H]4C)CC3)C2)C1. The number of rotatable bonds is 3. The summed E-state index contributed by atoms with van der Waals surface area (Å²) in [4.78, 5) is 30.4. The molecular formula is C19H31N3O3. The highest BCUT2D eigenvalue weighted by atomic mass is 16.6. The predicted octanol–water partition coefficient (Wildman–Crippen LogP) is 2.08. The monoisotopic (exact) mass is 349 g/mol. The second-order valence-electron chi connectivity index (χ2n) is 8.57. The fourth-order valence-electron chi connectivity index (χ4n) is 5.50. The third-order valence-electron chi connectivity index (χ3n) is 6.86. The van der Waals surface area contributed by atoms with Gasteiger partial charge in [-0.05, 0) is 46.0 Å². The maximum atomic E-state index is 12.1. The number of carbonyl (C=O) groups is 2. The molecule has 3 heterocycles. The molecule has 3 aliphatic heterocycles. The average Bonchev–Trinajstić information content (AvgIpc) is 2.85. The first-order valence-corrected chi connectivity index (χ1v) is 9.98. The molecule has 1 aliphatic carbocycles. The van der Waals surface area contributed by atoms with E-state index in [9.17, 15) is 9.59 Å². The molecule has 1 saturated carbocycles. The van der Waals surface area contributed by atoms with Gasteiger partial charge in [-0.15, -0.1) is 0 Å². The van der Waals surface area contributed by atoms with Gasteiger partial charge in [0.05, 0.1) is 6.61 Å². The van der Waals surface area contributed by atoms with Crippen molar-refractivity contribution in [3.63, 3.8) is 0 Å². The second kappa shape index (κ2) is 6.45. The molecule has 0 unspecified atom stereocenters. The van der Waals surface area contributed by atoms with Crippen LogP contribution in [0.4, 0.5) is 4.79 Å². The van der Waals surface area contributed by atoms with Crippen LogP contribution in [0.25, 0.3) is 0 Å². The molecular weight excluding hydrogens is 318 g/mol. The third kappa shape index (κ3) is 3.03. The molecule has 6 heteroatoms. The van der Waals surface area contributed by atoms with Crippen LogP contribution in [0.5, 0.6) is 0 Å². The Morgan fingerprint density at radius 1 is 1.16 bits per heavy atom. The number of ether oxygens (including phenoxy) is 1. The maximum Gasteiger partial charge on any atom is 0.409 e. The Morgan fingerprint density at radius 3 is 2.40 bits per heavy atom. The average molecular weight is 349 g/mol. The van der Waals surface area contributed by atoms with E-state index < -0.39 is 0 Å². The zero-order chi connectivity index (χ0) is 17.6. The van der Waals surface area contributed by atoms with Crippen molar-refractivity contribution in [1.29, 1.82) is 0 Å². The normalized spacial score (nSPS) is 30.5. The molecule has 3 saturated heterocycles. The molecule has 140 valence electrons. The van der Waals surface area contributed by atoms with E-state index in [0.717, 1.165) is 51.9 Å². The van der Waals surface area contributed by atoms with Crippen LogP contribution < -0.4 is 0 Å². The molecule has 1 atom stereocenters. The highest BCUT2D eigenvalue weighted by molar-refractivity contribution is 5.79. The fourth-order valence-corrected chi connectivity index (χ4v) is 5.50. The summed E-state index contributed by atoms with van der Waals surface area (Å²) < 4.78 is 5.07. The van der Waals surface area contributed by atoms with Gasteiger partial charge in [-0.25, -0.2) is 4.79 Å². The Morgan fingerprint density at radius 2 is 1.84 bits per heavy atom. The first kappa shape index (κ1) is 17.1. The molecule has 0 aromatic carbocycles. The van der Waals surface area contributed by atoms with Crippen LogP contribution in [-0.2, 0) is 9.53 Å². The lowest BCUT2D eigenvalue weighted by atomic mass is 9.60. The van der Waals surface area contributed by atoms with Crippen LogP contribution in [0, 0.1) is 5.41 Å². The summed E-state index contributed by atoms with van der Waals surface area (Å²) >= 11 is 0. The highest BCUT2D eigenvalue weighted by Gasteiger charge is 2.55. The molecule has 0 aromatic rings. The van der Waals surface area contributed by atoms with Crippen molar-refractivity contribution in [2.75, 3.05) is 32.8 Å². The first-order chi connectivity index (χ1) is 12.0. The van der Waals surface area contributed by atoms with Crippen LogP contribution in [-0.4, -0.2) is 77.6 Å². The third-order valence-corrected chi connectivity index (χ3v) is 6.86. The number of piperidine rings is 1. The molecule has 4 aliphatic rings. The summed E-state index contributed by atoms with van der Waals surface area (Å²) in [5, 5.41) is 0. The lowest BCUT2D eigenvalue weighted by Gasteiger charge is -2.61. The molecule has 2 amide bonds. The van der Waals surface area contributed by atoms with Crippen molar-refractivity contribution in [2.24, 2.45) is 5.41 Å². The van der Waals surface area contributed by atoms with Crippen molar-refractivity contribution in [3.8, 4) is 0 Å². The number of carbonyl (C=O) groups excluding carboxylic acids is 2. The quantitative estimate of drug-likeness (QED) is 0.783. The van der Waals surface area contributed by atoms with Crippen LogP contribution in [0.1, 0.15) is 52.4 Å².